The van der Waals surface area contributed by atoms with E-state index in [2.05, 4.69) is 82.8 Å². The van der Waals surface area contributed by atoms with Crippen LogP contribution in [0, 0.1) is 0 Å². The predicted molar refractivity (Wildman–Crippen MR) is 101 cm³/mol. The van der Waals surface area contributed by atoms with Gasteiger partial charge < -0.3 is 37.2 Å². The molecule has 0 aliphatic heterocycles. The first kappa shape index (κ1) is 33.6. The van der Waals surface area contributed by atoms with Crippen LogP contribution in [0.3, 0.4) is 0 Å². The first-order valence-corrected chi connectivity index (χ1v) is 35.8. The van der Waals surface area contributed by atoms with E-state index >= 15 is 0 Å². The Hall–Kier alpha value is 1.92. The molecule has 3 rings (SSSR count). The van der Waals surface area contributed by atoms with Gasteiger partial charge in [0.25, 0.3) is 0 Å². The molecule has 0 saturated carbocycles. The standard InChI is InChI=1S/3C5H5.6CH3.3ClH.3Hf/c3*1-2-4-5-3-1;;;;;;;;;;;;/h3*1-3H,4H2;6*1H3;3*1H;;;/q;;;;;;;;;;;;3*+1/p-3. The van der Waals surface area contributed by atoms with Gasteiger partial charge in [0.2, 0.25) is 0 Å². The Balaban J connectivity index is -0.000000303. The van der Waals surface area contributed by atoms with Crippen molar-refractivity contribution in [1.82, 2.24) is 0 Å². The zero-order valence-electron chi connectivity index (χ0n) is 17.5. The van der Waals surface area contributed by atoms with Crippen molar-refractivity contribution in [1.29, 1.82) is 0 Å². The average molecular weight is 927 g/mol. The Labute approximate surface area is 210 Å². The molecule has 0 fully saturated rings. The summed E-state index contributed by atoms with van der Waals surface area (Å²) in [5.74, 6) is 0. The van der Waals surface area contributed by atoms with Gasteiger partial charge in [-0.05, 0) is 0 Å². The van der Waals surface area contributed by atoms with E-state index in [1.807, 2.05) is 0 Å². The van der Waals surface area contributed by atoms with Crippen LogP contribution in [-0.4, -0.2) is 0 Å². The third-order valence-electron chi connectivity index (χ3n) is 4.24. The Morgan fingerprint density at radius 3 is 0.778 bits per heavy atom. The fraction of sp³-hybridized carbons (Fsp3) is 0.429. The smallest absolute Gasteiger partial charge is 1.00 e. The second kappa shape index (κ2) is 19.9. The van der Waals surface area contributed by atoms with Crippen LogP contribution in [0.5, 0.6) is 0 Å². The van der Waals surface area contributed by atoms with Crippen LogP contribution in [-0.2, 0) is 64.3 Å². The van der Waals surface area contributed by atoms with E-state index in [0.29, 0.717) is 0 Å². The summed E-state index contributed by atoms with van der Waals surface area (Å²) in [6.07, 6.45) is 24.1. The van der Waals surface area contributed by atoms with Crippen LogP contribution >= 0.6 is 0 Å². The zero-order chi connectivity index (χ0) is 17.9. The van der Waals surface area contributed by atoms with Crippen LogP contribution in [0.25, 0.3) is 0 Å². The molecule has 0 unspecified atom stereocenters. The minimum atomic E-state index is -1.05. The van der Waals surface area contributed by atoms with E-state index in [1.54, 1.807) is 9.99 Å². The van der Waals surface area contributed by atoms with Crippen LogP contribution in [0.15, 0.2) is 64.7 Å². The first-order chi connectivity index (χ1) is 11.4. The molecule has 0 spiro atoms. The summed E-state index contributed by atoms with van der Waals surface area (Å²) >= 11 is -3.14. The molecule has 0 amide bonds. The number of hydrogen-bond acceptors (Lipinski definition) is 0. The topological polar surface area (TPSA) is 0 Å². The Kier molecular flexibility index (Phi) is 24.7. The van der Waals surface area contributed by atoms with E-state index < -0.39 is 64.3 Å². The summed E-state index contributed by atoms with van der Waals surface area (Å²) in [5, 5.41) is 0. The Morgan fingerprint density at radius 2 is 0.704 bits per heavy atom. The maximum atomic E-state index is 2.45. The molecule has 0 bridgehead atoms. The van der Waals surface area contributed by atoms with Crippen molar-refractivity contribution in [3.05, 3.63) is 64.7 Å². The van der Waals surface area contributed by atoms with Crippen LogP contribution in [0.4, 0.5) is 0 Å². The van der Waals surface area contributed by atoms with Crippen molar-refractivity contribution in [2.45, 2.75) is 47.3 Å². The number of allylic oxidation sites excluding steroid dienone is 12. The summed E-state index contributed by atoms with van der Waals surface area (Å²) in [4.78, 5) is 0. The number of rotatable bonds is 3. The van der Waals surface area contributed by atoms with Gasteiger partial charge in [-0.3, -0.25) is 0 Å². The first-order valence-electron chi connectivity index (χ1n) is 8.90. The molecule has 3 aliphatic carbocycles. The van der Waals surface area contributed by atoms with Gasteiger partial charge in [-0.25, -0.2) is 0 Å². The van der Waals surface area contributed by atoms with Gasteiger partial charge >= 0.3 is 176 Å². The summed E-state index contributed by atoms with van der Waals surface area (Å²) in [5.41, 5.74) is 0. The molecule has 0 N–H and O–H groups in total. The Bertz CT molecular complexity index is 488. The van der Waals surface area contributed by atoms with Gasteiger partial charge in [0.15, 0.2) is 0 Å². The van der Waals surface area contributed by atoms with Crippen molar-refractivity contribution in [2.24, 2.45) is 0 Å². The van der Waals surface area contributed by atoms with Gasteiger partial charge in [-0.15, -0.1) is 0 Å². The zero-order valence-corrected chi connectivity index (χ0v) is 30.5. The molecule has 150 valence electrons. The third kappa shape index (κ3) is 15.4. The number of halogens is 3. The van der Waals surface area contributed by atoms with E-state index in [4.69, 9.17) is 0 Å². The monoisotopic (exact) mass is 930 g/mol. The van der Waals surface area contributed by atoms with Gasteiger partial charge in [-0.2, -0.15) is 0 Å². The minimum absolute atomic E-state index is 0. The summed E-state index contributed by atoms with van der Waals surface area (Å²) in [7, 11) is 0. The molecule has 6 heteroatoms. The van der Waals surface area contributed by atoms with Crippen molar-refractivity contribution >= 4 is 0 Å². The molecule has 0 heterocycles. The quantitative estimate of drug-likeness (QED) is 0.308. The molecular weight excluding hydrogens is 894 g/mol. The molecule has 0 atom stereocenters. The molecule has 0 aromatic rings. The van der Waals surface area contributed by atoms with E-state index in [-0.39, 0.29) is 37.2 Å². The minimum Gasteiger partial charge on any atom is -1.00 e. The van der Waals surface area contributed by atoms with Crippen LogP contribution in [0.1, 0.15) is 19.3 Å². The van der Waals surface area contributed by atoms with Crippen LogP contribution < -0.4 is 37.2 Å². The van der Waals surface area contributed by atoms with Gasteiger partial charge in [0.05, 0.1) is 0 Å². The SMILES string of the molecule is [CH3][Hf+]([CH3])[C]1=CC=CC1.[CH3][Hf+]([CH3])[C]1=CC=CC1.[CH3][Hf+]([CH3])[C]1=CC=CC1.[Cl-].[Cl-].[Cl-]. The van der Waals surface area contributed by atoms with Gasteiger partial charge in [-0.1, -0.05) is 0 Å². The van der Waals surface area contributed by atoms with E-state index in [1.165, 1.54) is 19.3 Å². The largest absolute Gasteiger partial charge is 1.00 e. The summed E-state index contributed by atoms with van der Waals surface area (Å²) in [6, 6.07) is 0. The summed E-state index contributed by atoms with van der Waals surface area (Å²) < 4.78 is 20.0. The normalized spacial score (nSPS) is 14.7. The molecule has 0 radical (unpaired) electrons. The molecule has 27 heavy (non-hydrogen) atoms. The molecule has 3 aliphatic rings. The molecule has 0 aromatic carbocycles. The third-order valence-corrected chi connectivity index (χ3v) is 22.1. The van der Waals surface area contributed by atoms with Crippen molar-refractivity contribution in [3.8, 4) is 0 Å². The van der Waals surface area contributed by atoms with E-state index in [9.17, 15) is 0 Å². The van der Waals surface area contributed by atoms with Gasteiger partial charge in [0, 0.05) is 0 Å². The fourth-order valence-corrected chi connectivity index (χ4v) is 12.8. The molecular formula is C21H33Cl3Hf3. The average Bonchev–Trinajstić information content (AvgIpc) is 3.29. The van der Waals surface area contributed by atoms with Crippen molar-refractivity contribution in [2.75, 3.05) is 0 Å². The van der Waals surface area contributed by atoms with Gasteiger partial charge in [0.1, 0.15) is 0 Å². The number of hydrogen-bond donors (Lipinski definition) is 0. The summed E-state index contributed by atoms with van der Waals surface area (Å²) in [6.45, 7) is 0. The molecule has 0 saturated heterocycles. The van der Waals surface area contributed by atoms with Crippen molar-refractivity contribution < 1.29 is 102 Å². The maximum Gasteiger partial charge on any atom is -1.00 e. The van der Waals surface area contributed by atoms with E-state index in [0.717, 1.165) is 0 Å². The predicted octanol–water partition coefficient (Wildman–Crippen LogP) is -1.35. The molecule has 0 nitrogen and oxygen atoms in total. The fourth-order valence-electron chi connectivity index (χ4n) is 2.45. The Morgan fingerprint density at radius 1 is 0.481 bits per heavy atom. The second-order valence-electron chi connectivity index (χ2n) is 6.97. The molecule has 0 aromatic heterocycles. The van der Waals surface area contributed by atoms with Crippen molar-refractivity contribution in [3.63, 3.8) is 0 Å². The maximum absolute atomic E-state index is 2.45. The van der Waals surface area contributed by atoms with Crippen LogP contribution in [0.2, 0.25) is 28.1 Å². The second-order valence-corrected chi connectivity index (χ2v) is 35.5.